The lowest BCUT2D eigenvalue weighted by atomic mass is 10.1. The van der Waals surface area contributed by atoms with Gasteiger partial charge in [0, 0.05) is 47.2 Å². The summed E-state index contributed by atoms with van der Waals surface area (Å²) in [6.45, 7) is -1.44. The summed E-state index contributed by atoms with van der Waals surface area (Å²) in [6, 6.07) is 8.46. The number of pyridine rings is 2. The van der Waals surface area contributed by atoms with Gasteiger partial charge in [0.05, 0.1) is 18.2 Å². The molecule has 0 amide bonds. The first-order valence-corrected chi connectivity index (χ1v) is 11.7. The van der Waals surface area contributed by atoms with Gasteiger partial charge in [-0.15, -0.1) is 0 Å². The first-order valence-electron chi connectivity index (χ1n) is 11.0. The Kier molecular flexibility index (Phi) is 7.89. The van der Waals surface area contributed by atoms with E-state index in [1.165, 1.54) is 30.6 Å². The van der Waals surface area contributed by atoms with E-state index in [1.54, 1.807) is 29.7 Å². The zero-order valence-electron chi connectivity index (χ0n) is 19.3. The van der Waals surface area contributed by atoms with Crippen molar-refractivity contribution in [3.63, 3.8) is 0 Å². The molecule has 8 nitrogen and oxygen atoms in total. The Labute approximate surface area is 219 Å². The molecule has 0 radical (unpaired) electrons. The maximum Gasteiger partial charge on any atom is 0.387 e. The number of imidazole rings is 1. The molecule has 0 aliphatic rings. The van der Waals surface area contributed by atoms with E-state index in [-0.39, 0.29) is 58.0 Å². The minimum atomic E-state index is -3.09. The Hall–Kier alpha value is -3.76. The normalized spacial score (nSPS) is 11.2. The largest absolute Gasteiger partial charge is 0.461 e. The highest BCUT2D eigenvalue weighted by Crippen LogP contribution is 2.36. The van der Waals surface area contributed by atoms with E-state index in [1.807, 2.05) is 0 Å². The molecule has 0 aliphatic carbocycles. The van der Waals surface area contributed by atoms with Crippen LogP contribution in [0.3, 0.4) is 0 Å². The highest BCUT2D eigenvalue weighted by Gasteiger charge is 2.17. The fourth-order valence-corrected chi connectivity index (χ4v) is 4.15. The summed E-state index contributed by atoms with van der Waals surface area (Å²) in [5.41, 5.74) is 0.969. The van der Waals surface area contributed by atoms with E-state index in [2.05, 4.69) is 9.72 Å². The minimum absolute atomic E-state index is 0.00462. The van der Waals surface area contributed by atoms with Crippen LogP contribution in [0.1, 0.15) is 23.0 Å². The fraction of sp³-hybridized carbons (Fsp3) is 0.200. The van der Waals surface area contributed by atoms with Crippen molar-refractivity contribution in [3.8, 4) is 16.9 Å². The second-order valence-corrected chi connectivity index (χ2v) is 8.73. The maximum absolute atomic E-state index is 12.8. The van der Waals surface area contributed by atoms with Crippen molar-refractivity contribution < 1.29 is 27.8 Å². The van der Waals surface area contributed by atoms with Gasteiger partial charge in [0.1, 0.15) is 11.4 Å². The Morgan fingerprint density at radius 2 is 1.84 bits per heavy atom. The van der Waals surface area contributed by atoms with Gasteiger partial charge in [-0.2, -0.15) is 8.78 Å². The van der Waals surface area contributed by atoms with Crippen molar-refractivity contribution in [1.29, 1.82) is 0 Å². The van der Waals surface area contributed by atoms with Crippen LogP contribution in [0.5, 0.6) is 5.75 Å². The zero-order chi connectivity index (χ0) is 26.7. The summed E-state index contributed by atoms with van der Waals surface area (Å²) in [6.07, 6.45) is 4.42. The van der Waals surface area contributed by atoms with Gasteiger partial charge >= 0.3 is 12.6 Å². The lowest BCUT2D eigenvalue weighted by Gasteiger charge is -2.14. The van der Waals surface area contributed by atoms with Crippen molar-refractivity contribution in [1.82, 2.24) is 14.0 Å². The third kappa shape index (κ3) is 6.15. The number of ether oxygens (including phenoxy) is 2. The summed E-state index contributed by atoms with van der Waals surface area (Å²) in [5.74, 6) is -1.04. The predicted molar refractivity (Wildman–Crippen MR) is 133 cm³/mol. The van der Waals surface area contributed by atoms with Gasteiger partial charge in [0.2, 0.25) is 0 Å². The summed E-state index contributed by atoms with van der Waals surface area (Å²) < 4.78 is 37.8. The summed E-state index contributed by atoms with van der Waals surface area (Å²) >= 11 is 12.3. The first kappa shape index (κ1) is 26.3. The number of carbonyl (C=O) groups is 2. The quantitative estimate of drug-likeness (QED) is 0.271. The maximum atomic E-state index is 12.8. The van der Waals surface area contributed by atoms with Gasteiger partial charge in [0.25, 0.3) is 5.56 Å². The number of esters is 1. The molecule has 0 spiro atoms. The van der Waals surface area contributed by atoms with Gasteiger partial charge in [-0.05, 0) is 36.8 Å². The summed E-state index contributed by atoms with van der Waals surface area (Å²) in [5, 5.41) is 0.274. The third-order valence-electron chi connectivity index (χ3n) is 5.27. The molecule has 0 unspecified atom stereocenters. The predicted octanol–water partition coefficient (Wildman–Crippen LogP) is 5.06. The number of ketones is 1. The van der Waals surface area contributed by atoms with E-state index in [4.69, 9.17) is 27.9 Å². The molecule has 0 N–H and O–H groups in total. The molecule has 0 bridgehead atoms. The smallest absolute Gasteiger partial charge is 0.387 e. The first-order chi connectivity index (χ1) is 17.6. The molecule has 0 atom stereocenters. The van der Waals surface area contributed by atoms with Crippen LogP contribution in [0.25, 0.3) is 16.8 Å². The SMILES string of the molecule is CCOC(=O)c1cn2cc(CC(=O)Cn3cc(Cl)c(-c4cc(Cl)ccc4OC(F)F)cc3=O)ccc2n1. The number of hydrogen-bond donors (Lipinski definition) is 0. The number of benzene rings is 1. The number of fused-ring (bicyclic) bond motifs is 1. The van der Waals surface area contributed by atoms with Gasteiger partial charge in [0.15, 0.2) is 11.5 Å². The van der Waals surface area contributed by atoms with Crippen LogP contribution < -0.4 is 10.3 Å². The van der Waals surface area contributed by atoms with Gasteiger partial charge in [-0.1, -0.05) is 29.3 Å². The zero-order valence-corrected chi connectivity index (χ0v) is 20.8. The van der Waals surface area contributed by atoms with Crippen molar-refractivity contribution in [3.05, 3.63) is 86.6 Å². The molecule has 12 heteroatoms. The molecule has 0 fully saturated rings. The average Bonchev–Trinajstić information content (AvgIpc) is 3.26. The highest BCUT2D eigenvalue weighted by molar-refractivity contribution is 6.34. The van der Waals surface area contributed by atoms with Gasteiger partial charge < -0.3 is 18.4 Å². The van der Waals surface area contributed by atoms with Gasteiger partial charge in [-0.3, -0.25) is 9.59 Å². The molecule has 4 aromatic rings. The van der Waals surface area contributed by atoms with Crippen molar-refractivity contribution >= 4 is 40.6 Å². The molecule has 0 saturated carbocycles. The molecule has 4 rings (SSSR count). The molecular weight excluding hydrogens is 531 g/mol. The van der Waals surface area contributed by atoms with E-state index in [0.717, 1.165) is 10.6 Å². The van der Waals surface area contributed by atoms with Crippen molar-refractivity contribution in [2.75, 3.05) is 6.61 Å². The number of aromatic nitrogens is 3. The summed E-state index contributed by atoms with van der Waals surface area (Å²) in [7, 11) is 0. The van der Waals surface area contributed by atoms with Crippen LogP contribution in [0, 0.1) is 0 Å². The van der Waals surface area contributed by atoms with E-state index >= 15 is 0 Å². The molecule has 37 heavy (non-hydrogen) atoms. The highest BCUT2D eigenvalue weighted by atomic mass is 35.5. The number of rotatable bonds is 9. The van der Waals surface area contributed by atoms with E-state index < -0.39 is 18.1 Å². The number of nitrogens with zero attached hydrogens (tertiary/aromatic N) is 3. The fourth-order valence-electron chi connectivity index (χ4n) is 3.71. The number of carbonyl (C=O) groups excluding carboxylic acids is 2. The van der Waals surface area contributed by atoms with Crippen LogP contribution in [-0.2, 0) is 22.5 Å². The second kappa shape index (κ2) is 11.1. The standard InChI is InChI=1S/C25H19Cl2F2N3O5/c1-2-36-24(35)20-13-31-10-14(3-6-22(31)30-20)7-16(33)11-32-12-19(27)17(9-23(32)34)18-8-15(26)4-5-21(18)37-25(28)29/h3-6,8-10,12-13,25H,2,7,11H2,1H3. The molecule has 0 aliphatic heterocycles. The van der Waals surface area contributed by atoms with E-state index in [9.17, 15) is 23.2 Å². The van der Waals surface area contributed by atoms with Crippen LogP contribution >= 0.6 is 23.2 Å². The van der Waals surface area contributed by atoms with Crippen molar-refractivity contribution in [2.24, 2.45) is 0 Å². The lowest BCUT2D eigenvalue weighted by Crippen LogP contribution is -2.24. The third-order valence-corrected chi connectivity index (χ3v) is 5.81. The minimum Gasteiger partial charge on any atom is -0.461 e. The molecule has 3 aromatic heterocycles. The Bertz CT molecular complexity index is 1550. The monoisotopic (exact) mass is 549 g/mol. The number of halogens is 4. The lowest BCUT2D eigenvalue weighted by molar-refractivity contribution is -0.119. The second-order valence-electron chi connectivity index (χ2n) is 7.89. The van der Waals surface area contributed by atoms with E-state index in [0.29, 0.717) is 11.2 Å². The Balaban J connectivity index is 1.53. The van der Waals surface area contributed by atoms with Crippen LogP contribution in [0.2, 0.25) is 10.0 Å². The van der Waals surface area contributed by atoms with Crippen LogP contribution in [0.4, 0.5) is 8.78 Å². The van der Waals surface area contributed by atoms with Crippen LogP contribution in [-0.4, -0.2) is 38.9 Å². The van der Waals surface area contributed by atoms with Crippen LogP contribution in [0.15, 0.2) is 59.8 Å². The molecule has 192 valence electrons. The molecule has 0 saturated heterocycles. The number of hydrogen-bond acceptors (Lipinski definition) is 6. The summed E-state index contributed by atoms with van der Waals surface area (Å²) in [4.78, 5) is 41.6. The Morgan fingerprint density at radius 1 is 1.05 bits per heavy atom. The molecular formula is C25H19Cl2F2N3O5. The Morgan fingerprint density at radius 3 is 2.57 bits per heavy atom. The number of Topliss-reactive ketones (excluding diaryl/α,β-unsaturated/α-hetero) is 1. The van der Waals surface area contributed by atoms with Gasteiger partial charge in [-0.25, -0.2) is 9.78 Å². The molecule has 3 heterocycles. The average molecular weight is 550 g/mol. The van der Waals surface area contributed by atoms with Crippen molar-refractivity contribution in [2.45, 2.75) is 26.5 Å². The number of alkyl halides is 2. The molecule has 1 aromatic carbocycles. The topological polar surface area (TPSA) is 91.9 Å².